The molecule has 1 aliphatic carbocycles. The lowest BCUT2D eigenvalue weighted by atomic mass is 10.3. The average Bonchev–Trinajstić information content (AvgIpc) is 2.68. The van der Waals surface area contributed by atoms with Crippen molar-refractivity contribution in [3.63, 3.8) is 0 Å². The minimum atomic E-state index is 0.201. The van der Waals surface area contributed by atoms with E-state index >= 15 is 0 Å². The maximum atomic E-state index is 10.3. The van der Waals surface area contributed by atoms with Gasteiger partial charge in [-0.3, -0.25) is 4.68 Å². The number of nitrogens with zero attached hydrogens (tertiary/aromatic N) is 3. The molecular weight excluding hydrogens is 142 g/mol. The molecule has 0 radical (unpaired) electrons. The lowest BCUT2D eigenvalue weighted by molar-refractivity contribution is -0.108. The van der Waals surface area contributed by atoms with Gasteiger partial charge in [-0.05, 0) is 6.42 Å². The van der Waals surface area contributed by atoms with Gasteiger partial charge in [0.25, 0.3) is 0 Å². The number of aryl methyl sites for hydroxylation is 1. The molecule has 58 valence electrons. The van der Waals surface area contributed by atoms with Crippen molar-refractivity contribution in [1.82, 2.24) is 15.0 Å². The van der Waals surface area contributed by atoms with Crippen LogP contribution in [0.4, 0.5) is 0 Å². The van der Waals surface area contributed by atoms with Gasteiger partial charge in [-0.2, -0.15) is 0 Å². The number of carbonyl (C=O) groups is 1. The smallest absolute Gasteiger partial charge is 0.123 e. The highest BCUT2D eigenvalue weighted by atomic mass is 16.1. The van der Waals surface area contributed by atoms with Crippen LogP contribution in [0.5, 0.6) is 0 Å². The number of hydrogen-bond acceptors (Lipinski definition) is 3. The van der Waals surface area contributed by atoms with Crippen LogP contribution >= 0.6 is 0 Å². The molecule has 0 amide bonds. The SMILES string of the molecule is Cn1cc(C2CC2C=O)nn1. The third-order valence-corrected chi connectivity index (χ3v) is 2.01. The summed E-state index contributed by atoms with van der Waals surface area (Å²) in [5.74, 6) is 0.549. The molecule has 1 aromatic rings. The maximum absolute atomic E-state index is 10.3. The summed E-state index contributed by atoms with van der Waals surface area (Å²) < 4.78 is 1.66. The first-order chi connectivity index (χ1) is 5.31. The molecule has 1 aromatic heterocycles. The molecule has 4 nitrogen and oxygen atoms in total. The standard InChI is InChI=1S/C7H9N3O/c1-10-3-7(8-9-10)6-2-5(6)4-11/h3-6H,2H2,1H3. The molecule has 1 fully saturated rings. The van der Waals surface area contributed by atoms with Gasteiger partial charge in [0.15, 0.2) is 0 Å². The van der Waals surface area contributed by atoms with Gasteiger partial charge >= 0.3 is 0 Å². The average molecular weight is 151 g/mol. The van der Waals surface area contributed by atoms with Crippen molar-refractivity contribution >= 4 is 6.29 Å². The minimum Gasteiger partial charge on any atom is -0.303 e. The van der Waals surface area contributed by atoms with E-state index in [2.05, 4.69) is 10.3 Å². The lowest BCUT2D eigenvalue weighted by Crippen LogP contribution is -1.85. The summed E-state index contributed by atoms with van der Waals surface area (Å²) >= 11 is 0. The van der Waals surface area contributed by atoms with Crippen LogP contribution in [0.15, 0.2) is 6.20 Å². The van der Waals surface area contributed by atoms with E-state index in [9.17, 15) is 4.79 Å². The zero-order valence-electron chi connectivity index (χ0n) is 6.27. The molecule has 2 atom stereocenters. The van der Waals surface area contributed by atoms with Crippen LogP contribution in [-0.4, -0.2) is 21.3 Å². The fraction of sp³-hybridized carbons (Fsp3) is 0.571. The summed E-state index contributed by atoms with van der Waals surface area (Å²) in [5, 5.41) is 7.73. The highest BCUT2D eigenvalue weighted by Gasteiger charge is 2.39. The molecule has 0 spiro atoms. The summed E-state index contributed by atoms with van der Waals surface area (Å²) in [4.78, 5) is 10.3. The molecule has 0 aromatic carbocycles. The number of aromatic nitrogens is 3. The van der Waals surface area contributed by atoms with Crippen molar-refractivity contribution in [2.24, 2.45) is 13.0 Å². The van der Waals surface area contributed by atoms with Crippen LogP contribution in [0.25, 0.3) is 0 Å². The topological polar surface area (TPSA) is 47.8 Å². The van der Waals surface area contributed by atoms with E-state index in [-0.39, 0.29) is 5.92 Å². The first-order valence-electron chi connectivity index (χ1n) is 3.63. The number of rotatable bonds is 2. The predicted octanol–water partition coefficient (Wildman–Crippen LogP) is 0.117. The second kappa shape index (κ2) is 2.15. The van der Waals surface area contributed by atoms with E-state index in [1.54, 1.807) is 4.68 Å². The third kappa shape index (κ3) is 1.04. The van der Waals surface area contributed by atoms with Crippen LogP contribution in [0.1, 0.15) is 18.0 Å². The first-order valence-corrected chi connectivity index (χ1v) is 3.63. The van der Waals surface area contributed by atoms with E-state index in [0.29, 0.717) is 5.92 Å². The lowest BCUT2D eigenvalue weighted by Gasteiger charge is -1.83. The summed E-state index contributed by atoms with van der Waals surface area (Å²) in [6.45, 7) is 0. The van der Waals surface area contributed by atoms with Gasteiger partial charge in [0.05, 0.1) is 5.69 Å². The molecule has 2 rings (SSSR count). The van der Waals surface area contributed by atoms with Gasteiger partial charge in [-0.25, -0.2) is 0 Å². The number of carbonyl (C=O) groups excluding carboxylic acids is 1. The van der Waals surface area contributed by atoms with E-state index in [0.717, 1.165) is 18.4 Å². The Hall–Kier alpha value is -1.19. The van der Waals surface area contributed by atoms with Crippen LogP contribution in [-0.2, 0) is 11.8 Å². The van der Waals surface area contributed by atoms with E-state index in [4.69, 9.17) is 0 Å². The third-order valence-electron chi connectivity index (χ3n) is 2.01. The van der Waals surface area contributed by atoms with Gasteiger partial charge in [-0.15, -0.1) is 5.10 Å². The molecule has 0 saturated heterocycles. The summed E-state index contributed by atoms with van der Waals surface area (Å²) in [5.41, 5.74) is 0.949. The molecule has 4 heteroatoms. The fourth-order valence-corrected chi connectivity index (χ4v) is 1.24. The van der Waals surface area contributed by atoms with Crippen molar-refractivity contribution in [2.45, 2.75) is 12.3 Å². The van der Waals surface area contributed by atoms with Crippen LogP contribution in [0.3, 0.4) is 0 Å². The van der Waals surface area contributed by atoms with Crippen LogP contribution < -0.4 is 0 Å². The van der Waals surface area contributed by atoms with Crippen LogP contribution in [0, 0.1) is 5.92 Å². The summed E-state index contributed by atoms with van der Waals surface area (Å²) in [7, 11) is 1.83. The predicted molar refractivity (Wildman–Crippen MR) is 37.9 cm³/mol. The normalized spacial score (nSPS) is 28.5. The Morgan fingerprint density at radius 2 is 2.64 bits per heavy atom. The van der Waals surface area contributed by atoms with Gasteiger partial charge < -0.3 is 4.79 Å². The zero-order valence-corrected chi connectivity index (χ0v) is 6.27. The Labute approximate surface area is 64.2 Å². The Bertz CT molecular complexity index is 281. The van der Waals surface area contributed by atoms with Gasteiger partial charge in [-0.1, -0.05) is 5.21 Å². The summed E-state index contributed by atoms with van der Waals surface area (Å²) in [6.07, 6.45) is 3.82. The number of hydrogen-bond donors (Lipinski definition) is 0. The quantitative estimate of drug-likeness (QED) is 0.564. The number of aldehydes is 1. The van der Waals surface area contributed by atoms with Crippen molar-refractivity contribution in [1.29, 1.82) is 0 Å². The maximum Gasteiger partial charge on any atom is 0.123 e. The second-order valence-corrected chi connectivity index (χ2v) is 2.96. The Morgan fingerprint density at radius 3 is 3.09 bits per heavy atom. The molecule has 0 N–H and O–H groups in total. The Kier molecular flexibility index (Phi) is 1.27. The zero-order chi connectivity index (χ0) is 7.84. The van der Waals surface area contributed by atoms with Crippen LogP contribution in [0.2, 0.25) is 0 Å². The molecule has 1 aliphatic rings. The molecule has 0 bridgehead atoms. The highest BCUT2D eigenvalue weighted by Crippen LogP contribution is 2.44. The molecule has 1 saturated carbocycles. The Balaban J connectivity index is 2.14. The largest absolute Gasteiger partial charge is 0.303 e. The van der Waals surface area contributed by atoms with Gasteiger partial charge in [0.1, 0.15) is 6.29 Å². The van der Waals surface area contributed by atoms with Crippen molar-refractivity contribution in [3.8, 4) is 0 Å². The molecule has 0 aliphatic heterocycles. The minimum absolute atomic E-state index is 0.201. The fourth-order valence-electron chi connectivity index (χ4n) is 1.24. The van der Waals surface area contributed by atoms with E-state index in [1.165, 1.54) is 0 Å². The molecule has 1 heterocycles. The van der Waals surface area contributed by atoms with Gasteiger partial charge in [0, 0.05) is 25.1 Å². The second-order valence-electron chi connectivity index (χ2n) is 2.96. The van der Waals surface area contributed by atoms with Crippen molar-refractivity contribution in [2.75, 3.05) is 0 Å². The monoisotopic (exact) mass is 151 g/mol. The highest BCUT2D eigenvalue weighted by molar-refractivity contribution is 5.60. The van der Waals surface area contributed by atoms with E-state index in [1.807, 2.05) is 13.2 Å². The first kappa shape index (κ1) is 6.52. The van der Waals surface area contributed by atoms with Gasteiger partial charge in [0.2, 0.25) is 0 Å². The summed E-state index contributed by atoms with van der Waals surface area (Å²) in [6, 6.07) is 0. The Morgan fingerprint density at radius 1 is 1.82 bits per heavy atom. The molecule has 11 heavy (non-hydrogen) atoms. The van der Waals surface area contributed by atoms with Crippen molar-refractivity contribution in [3.05, 3.63) is 11.9 Å². The molecular formula is C7H9N3O. The van der Waals surface area contributed by atoms with Crippen molar-refractivity contribution < 1.29 is 4.79 Å². The van der Waals surface area contributed by atoms with E-state index < -0.39 is 0 Å². The molecule has 2 unspecified atom stereocenters.